The van der Waals surface area contributed by atoms with Gasteiger partial charge in [0.05, 0.1) is 12.3 Å². The molecule has 1 aliphatic heterocycles. The summed E-state index contributed by atoms with van der Waals surface area (Å²) < 4.78 is 18.6. The number of amides is 1. The first-order valence-corrected chi connectivity index (χ1v) is 9.48. The molecule has 1 amide bonds. The Balaban J connectivity index is 1.26. The molecule has 5 nitrogen and oxygen atoms in total. The van der Waals surface area contributed by atoms with Crippen molar-refractivity contribution in [3.63, 3.8) is 0 Å². The van der Waals surface area contributed by atoms with Crippen LogP contribution in [0, 0.1) is 12.7 Å². The molecule has 6 heteroatoms. The third-order valence-electron chi connectivity index (χ3n) is 4.78. The minimum Gasteiger partial charge on any atom is -0.461 e. The second kappa shape index (κ2) is 8.31. The minimum atomic E-state index is -0.258. The van der Waals surface area contributed by atoms with Crippen molar-refractivity contribution < 1.29 is 18.4 Å². The van der Waals surface area contributed by atoms with Crippen LogP contribution in [0.3, 0.4) is 0 Å². The Morgan fingerprint density at radius 1 is 1.10 bits per heavy atom. The lowest BCUT2D eigenvalue weighted by Crippen LogP contribution is -2.32. The molecule has 0 spiro atoms. The molecular weight excluding hydrogens is 371 g/mol. The Morgan fingerprint density at radius 3 is 2.55 bits per heavy atom. The third-order valence-corrected chi connectivity index (χ3v) is 4.78. The molecule has 1 aromatic heterocycles. The summed E-state index contributed by atoms with van der Waals surface area (Å²) in [4.78, 5) is 17.8. The summed E-state index contributed by atoms with van der Waals surface area (Å²) in [6, 6.07) is 17.4. The van der Waals surface area contributed by atoms with Gasteiger partial charge >= 0.3 is 0 Å². The number of halogens is 1. The summed E-state index contributed by atoms with van der Waals surface area (Å²) in [7, 11) is 0. The quantitative estimate of drug-likeness (QED) is 0.671. The zero-order chi connectivity index (χ0) is 20.2. The standard InChI is InChI=1S/C23H21FN2O3/c1-15-2-11-22(28-15)17-5-7-18(8-6-17)23(27)25-14-21-13-20(26-29-21)12-16-3-9-19(24)10-4-16/h2-11,21H,12-14H2,1H3,(H,25,27)/t21-/m0/s1. The van der Waals surface area contributed by atoms with Crippen LogP contribution in [0.1, 0.15) is 28.1 Å². The second-order valence-electron chi connectivity index (χ2n) is 7.09. The minimum absolute atomic E-state index is 0.164. The van der Waals surface area contributed by atoms with Crippen molar-refractivity contribution in [2.45, 2.75) is 25.9 Å². The largest absolute Gasteiger partial charge is 0.461 e. The fourth-order valence-corrected chi connectivity index (χ4v) is 3.22. The van der Waals surface area contributed by atoms with E-state index in [-0.39, 0.29) is 17.8 Å². The molecule has 4 rings (SSSR count). The van der Waals surface area contributed by atoms with Gasteiger partial charge in [-0.05, 0) is 48.9 Å². The van der Waals surface area contributed by atoms with Crippen LogP contribution < -0.4 is 5.32 Å². The number of nitrogens with one attached hydrogen (secondary N) is 1. The Morgan fingerprint density at radius 2 is 1.86 bits per heavy atom. The molecule has 148 valence electrons. The normalized spacial score (nSPS) is 15.7. The van der Waals surface area contributed by atoms with Gasteiger partial charge in [-0.2, -0.15) is 0 Å². The molecule has 2 aromatic carbocycles. The number of aryl methyl sites for hydroxylation is 1. The Bertz CT molecular complexity index is 1020. The predicted molar refractivity (Wildman–Crippen MR) is 108 cm³/mol. The van der Waals surface area contributed by atoms with Gasteiger partial charge in [-0.3, -0.25) is 4.79 Å². The molecule has 2 heterocycles. The van der Waals surface area contributed by atoms with E-state index in [9.17, 15) is 9.18 Å². The topological polar surface area (TPSA) is 63.8 Å². The van der Waals surface area contributed by atoms with Gasteiger partial charge in [-0.25, -0.2) is 4.39 Å². The molecule has 3 aromatic rings. The maximum absolute atomic E-state index is 13.0. The van der Waals surface area contributed by atoms with E-state index in [4.69, 9.17) is 9.25 Å². The van der Waals surface area contributed by atoms with Crippen LogP contribution in [-0.2, 0) is 11.3 Å². The highest BCUT2D eigenvalue weighted by molar-refractivity contribution is 5.94. The van der Waals surface area contributed by atoms with Crippen molar-refractivity contribution in [2.75, 3.05) is 6.54 Å². The summed E-state index contributed by atoms with van der Waals surface area (Å²) in [5.41, 5.74) is 3.36. The van der Waals surface area contributed by atoms with Crippen molar-refractivity contribution in [1.29, 1.82) is 0 Å². The molecule has 1 atom stereocenters. The van der Waals surface area contributed by atoms with E-state index in [0.717, 1.165) is 28.4 Å². The Labute approximate surface area is 168 Å². The fraction of sp³-hybridized carbons (Fsp3) is 0.217. The predicted octanol–water partition coefficient (Wildman–Crippen LogP) is 4.51. The lowest BCUT2D eigenvalue weighted by atomic mass is 10.0. The van der Waals surface area contributed by atoms with Crippen LogP contribution in [0.15, 0.2) is 70.2 Å². The van der Waals surface area contributed by atoms with Crippen LogP contribution in [-0.4, -0.2) is 24.3 Å². The second-order valence-corrected chi connectivity index (χ2v) is 7.09. The fourth-order valence-electron chi connectivity index (χ4n) is 3.22. The van der Waals surface area contributed by atoms with Gasteiger partial charge < -0.3 is 14.6 Å². The van der Waals surface area contributed by atoms with Gasteiger partial charge in [0, 0.05) is 24.0 Å². The van der Waals surface area contributed by atoms with Gasteiger partial charge in [0.1, 0.15) is 23.4 Å². The number of oxime groups is 1. The first-order valence-electron chi connectivity index (χ1n) is 9.48. The monoisotopic (exact) mass is 392 g/mol. The molecule has 0 unspecified atom stereocenters. The highest BCUT2D eigenvalue weighted by Crippen LogP contribution is 2.22. The summed E-state index contributed by atoms with van der Waals surface area (Å²) >= 11 is 0. The van der Waals surface area contributed by atoms with Gasteiger partial charge in [0.15, 0.2) is 0 Å². The van der Waals surface area contributed by atoms with Gasteiger partial charge in [-0.1, -0.05) is 29.4 Å². The molecule has 0 fully saturated rings. The molecule has 0 bridgehead atoms. The molecule has 0 saturated carbocycles. The van der Waals surface area contributed by atoms with E-state index in [0.29, 0.717) is 24.9 Å². The highest BCUT2D eigenvalue weighted by atomic mass is 19.1. The number of carbonyl (C=O) groups is 1. The van der Waals surface area contributed by atoms with Crippen LogP contribution in [0.4, 0.5) is 4.39 Å². The number of rotatable bonds is 6. The van der Waals surface area contributed by atoms with E-state index in [1.54, 1.807) is 24.3 Å². The van der Waals surface area contributed by atoms with Crippen LogP contribution in [0.2, 0.25) is 0 Å². The van der Waals surface area contributed by atoms with E-state index < -0.39 is 0 Å². The maximum atomic E-state index is 13.0. The Kier molecular flexibility index (Phi) is 5.42. The van der Waals surface area contributed by atoms with E-state index in [1.165, 1.54) is 12.1 Å². The van der Waals surface area contributed by atoms with Crippen molar-refractivity contribution in [3.8, 4) is 11.3 Å². The molecular formula is C23H21FN2O3. The highest BCUT2D eigenvalue weighted by Gasteiger charge is 2.22. The van der Waals surface area contributed by atoms with Crippen LogP contribution in [0.25, 0.3) is 11.3 Å². The Hall–Kier alpha value is -3.41. The maximum Gasteiger partial charge on any atom is 0.251 e. The van der Waals surface area contributed by atoms with Crippen molar-refractivity contribution in [1.82, 2.24) is 5.32 Å². The third kappa shape index (κ3) is 4.71. The number of benzene rings is 2. The van der Waals surface area contributed by atoms with E-state index >= 15 is 0 Å². The van der Waals surface area contributed by atoms with Gasteiger partial charge in [-0.15, -0.1) is 0 Å². The molecule has 0 saturated heterocycles. The first-order chi connectivity index (χ1) is 14.1. The summed E-state index contributed by atoms with van der Waals surface area (Å²) in [6.45, 7) is 2.26. The lowest BCUT2D eigenvalue weighted by molar-refractivity contribution is 0.0753. The van der Waals surface area contributed by atoms with Crippen LogP contribution >= 0.6 is 0 Å². The van der Waals surface area contributed by atoms with Crippen molar-refractivity contribution >= 4 is 11.6 Å². The average molecular weight is 392 g/mol. The molecule has 0 radical (unpaired) electrons. The molecule has 0 aliphatic carbocycles. The SMILES string of the molecule is Cc1ccc(-c2ccc(C(=O)NC[C@@H]3CC(Cc4ccc(F)cc4)=NO3)cc2)o1. The van der Waals surface area contributed by atoms with Crippen molar-refractivity contribution in [3.05, 3.63) is 83.4 Å². The zero-order valence-corrected chi connectivity index (χ0v) is 16.0. The van der Waals surface area contributed by atoms with Gasteiger partial charge in [0.25, 0.3) is 5.91 Å². The first kappa shape index (κ1) is 18.9. The molecule has 1 N–H and O–H groups in total. The average Bonchev–Trinajstić information content (AvgIpc) is 3.37. The smallest absolute Gasteiger partial charge is 0.251 e. The lowest BCUT2D eigenvalue weighted by Gasteiger charge is -2.10. The van der Waals surface area contributed by atoms with Gasteiger partial charge in [0.2, 0.25) is 0 Å². The number of hydrogen-bond donors (Lipinski definition) is 1. The van der Waals surface area contributed by atoms with Crippen LogP contribution in [0.5, 0.6) is 0 Å². The molecule has 29 heavy (non-hydrogen) atoms. The zero-order valence-electron chi connectivity index (χ0n) is 16.0. The number of carbonyl (C=O) groups excluding carboxylic acids is 1. The van der Waals surface area contributed by atoms with Crippen molar-refractivity contribution in [2.24, 2.45) is 5.16 Å². The van der Waals surface area contributed by atoms with E-state index in [2.05, 4.69) is 10.5 Å². The summed E-state index contributed by atoms with van der Waals surface area (Å²) in [5, 5.41) is 6.98. The number of hydrogen-bond acceptors (Lipinski definition) is 4. The number of nitrogens with zero attached hydrogens (tertiary/aromatic N) is 1. The molecule has 1 aliphatic rings. The summed E-state index contributed by atoms with van der Waals surface area (Å²) in [6.07, 6.45) is 1.05. The number of furan rings is 1. The van der Waals surface area contributed by atoms with E-state index in [1.807, 2.05) is 31.2 Å². The summed E-state index contributed by atoms with van der Waals surface area (Å²) in [5.74, 6) is 1.20.